The molecule has 3 aromatic carbocycles. The minimum absolute atomic E-state index is 0.0300. The van der Waals surface area contributed by atoms with Gasteiger partial charge in [0.05, 0.1) is 31.1 Å². The third kappa shape index (κ3) is 7.66. The molecule has 1 amide bonds. The summed E-state index contributed by atoms with van der Waals surface area (Å²) in [4.78, 5) is 24.6. The Hall–Kier alpha value is -3.69. The molecule has 36 heavy (non-hydrogen) atoms. The Morgan fingerprint density at radius 3 is 2.11 bits per heavy atom. The fourth-order valence-corrected chi connectivity index (χ4v) is 4.87. The van der Waals surface area contributed by atoms with E-state index < -0.39 is 15.9 Å². The van der Waals surface area contributed by atoms with Crippen molar-refractivity contribution in [2.45, 2.75) is 31.7 Å². The summed E-state index contributed by atoms with van der Waals surface area (Å²) in [7, 11) is -3.98. The van der Waals surface area contributed by atoms with E-state index in [0.717, 1.165) is 15.4 Å². The molecular weight excluding hydrogens is 480 g/mol. The Morgan fingerprint density at radius 1 is 0.833 bits per heavy atom. The molecular formula is C27H30N2O6S. The number of hydrogen-bond donors (Lipinski definition) is 1. The van der Waals surface area contributed by atoms with Crippen molar-refractivity contribution in [3.8, 4) is 5.75 Å². The van der Waals surface area contributed by atoms with Gasteiger partial charge in [0.25, 0.3) is 0 Å². The molecule has 0 aromatic heterocycles. The number of ether oxygens (including phenoxy) is 2. The summed E-state index contributed by atoms with van der Waals surface area (Å²) in [5.74, 6) is -0.251. The van der Waals surface area contributed by atoms with Crippen LogP contribution in [0.5, 0.6) is 5.75 Å². The smallest absolute Gasteiger partial charge is 0.310 e. The molecule has 3 aromatic rings. The van der Waals surface area contributed by atoms with E-state index in [1.165, 1.54) is 12.1 Å². The highest BCUT2D eigenvalue weighted by Crippen LogP contribution is 2.22. The van der Waals surface area contributed by atoms with Crippen molar-refractivity contribution in [3.05, 3.63) is 90.0 Å². The highest BCUT2D eigenvalue weighted by atomic mass is 32.2. The third-order valence-electron chi connectivity index (χ3n) is 5.19. The number of nitrogens with zero attached hydrogens (tertiary/aromatic N) is 1. The van der Waals surface area contributed by atoms with Crippen molar-refractivity contribution >= 4 is 27.6 Å². The Balaban J connectivity index is 1.75. The van der Waals surface area contributed by atoms with E-state index in [0.29, 0.717) is 24.7 Å². The Labute approximate surface area is 211 Å². The van der Waals surface area contributed by atoms with Crippen molar-refractivity contribution in [1.82, 2.24) is 4.31 Å². The lowest BCUT2D eigenvalue weighted by Crippen LogP contribution is -2.37. The van der Waals surface area contributed by atoms with Crippen LogP contribution in [0.1, 0.15) is 25.0 Å². The second-order valence-electron chi connectivity index (χ2n) is 7.89. The predicted octanol–water partition coefficient (Wildman–Crippen LogP) is 4.02. The average molecular weight is 511 g/mol. The van der Waals surface area contributed by atoms with Gasteiger partial charge in [-0.25, -0.2) is 8.42 Å². The molecule has 0 fully saturated rings. The number of hydrogen-bond acceptors (Lipinski definition) is 6. The molecule has 0 unspecified atom stereocenters. The first-order valence-electron chi connectivity index (χ1n) is 11.6. The van der Waals surface area contributed by atoms with E-state index in [4.69, 9.17) is 9.47 Å². The molecule has 0 saturated carbocycles. The van der Waals surface area contributed by atoms with Gasteiger partial charge < -0.3 is 14.8 Å². The van der Waals surface area contributed by atoms with Crippen molar-refractivity contribution in [2.75, 3.05) is 25.1 Å². The third-order valence-corrected chi connectivity index (χ3v) is 6.99. The Kier molecular flexibility index (Phi) is 9.61. The second-order valence-corrected chi connectivity index (χ2v) is 9.83. The standard InChI is InChI=1S/C27H30N2O6S/c1-3-34-24-14-16-25(17-15-24)36(32,33)29(19-22-8-6-5-7-9-22)20-26(30)28-23-12-10-21(11-13-23)18-27(31)35-4-2/h5-17H,3-4,18-20H2,1-2H3,(H,28,30). The Morgan fingerprint density at radius 2 is 1.50 bits per heavy atom. The van der Waals surface area contributed by atoms with Crippen LogP contribution in [-0.2, 0) is 37.3 Å². The maximum Gasteiger partial charge on any atom is 0.310 e. The molecule has 0 heterocycles. The SMILES string of the molecule is CCOC(=O)Cc1ccc(NC(=O)CN(Cc2ccccc2)S(=O)(=O)c2ccc(OCC)cc2)cc1. The van der Waals surface area contributed by atoms with E-state index in [1.807, 2.05) is 25.1 Å². The molecule has 190 valence electrons. The highest BCUT2D eigenvalue weighted by molar-refractivity contribution is 7.89. The molecule has 0 bridgehead atoms. The number of amides is 1. The van der Waals surface area contributed by atoms with Crippen LogP contribution in [0.4, 0.5) is 5.69 Å². The topological polar surface area (TPSA) is 102 Å². The zero-order valence-electron chi connectivity index (χ0n) is 20.3. The molecule has 0 spiro atoms. The van der Waals surface area contributed by atoms with Crippen molar-refractivity contribution in [3.63, 3.8) is 0 Å². The van der Waals surface area contributed by atoms with E-state index in [2.05, 4.69) is 5.32 Å². The minimum atomic E-state index is -3.98. The lowest BCUT2D eigenvalue weighted by Gasteiger charge is -2.22. The molecule has 0 radical (unpaired) electrons. The van der Waals surface area contributed by atoms with Crippen LogP contribution in [0.25, 0.3) is 0 Å². The number of benzene rings is 3. The Bertz CT molecular complexity index is 1240. The summed E-state index contributed by atoms with van der Waals surface area (Å²) in [6, 6.07) is 22.0. The van der Waals surface area contributed by atoms with Crippen LogP contribution < -0.4 is 10.1 Å². The van der Waals surface area contributed by atoms with Crippen LogP contribution >= 0.6 is 0 Å². The van der Waals surface area contributed by atoms with E-state index in [1.54, 1.807) is 55.5 Å². The van der Waals surface area contributed by atoms with Gasteiger partial charge in [0.15, 0.2) is 0 Å². The fraction of sp³-hybridized carbons (Fsp3) is 0.259. The summed E-state index contributed by atoms with van der Waals surface area (Å²) in [6.45, 7) is 4.02. The number of anilines is 1. The summed E-state index contributed by atoms with van der Waals surface area (Å²) in [6.07, 6.45) is 0.132. The van der Waals surface area contributed by atoms with E-state index in [-0.39, 0.29) is 30.4 Å². The lowest BCUT2D eigenvalue weighted by molar-refractivity contribution is -0.142. The van der Waals surface area contributed by atoms with Gasteiger partial charge in [-0.15, -0.1) is 0 Å². The summed E-state index contributed by atoms with van der Waals surface area (Å²) < 4.78 is 38.4. The van der Waals surface area contributed by atoms with Gasteiger partial charge in [-0.1, -0.05) is 42.5 Å². The molecule has 8 nitrogen and oxygen atoms in total. The second kappa shape index (κ2) is 12.9. The van der Waals surface area contributed by atoms with Gasteiger partial charge >= 0.3 is 5.97 Å². The van der Waals surface area contributed by atoms with Gasteiger partial charge in [0.2, 0.25) is 15.9 Å². The van der Waals surface area contributed by atoms with Crippen LogP contribution in [0.15, 0.2) is 83.8 Å². The number of rotatable bonds is 12. The fourth-order valence-electron chi connectivity index (χ4n) is 3.48. The molecule has 0 atom stereocenters. The van der Waals surface area contributed by atoms with Gasteiger partial charge in [-0.2, -0.15) is 4.31 Å². The van der Waals surface area contributed by atoms with Crippen molar-refractivity contribution in [2.24, 2.45) is 0 Å². The lowest BCUT2D eigenvalue weighted by atomic mass is 10.1. The maximum absolute atomic E-state index is 13.5. The normalized spacial score (nSPS) is 11.2. The average Bonchev–Trinajstić information content (AvgIpc) is 2.86. The van der Waals surface area contributed by atoms with Crippen LogP contribution in [0, 0.1) is 0 Å². The van der Waals surface area contributed by atoms with Crippen LogP contribution in [0.3, 0.4) is 0 Å². The molecule has 0 saturated heterocycles. The van der Waals surface area contributed by atoms with Crippen LogP contribution in [-0.4, -0.2) is 44.4 Å². The number of carbonyl (C=O) groups excluding carboxylic acids is 2. The number of carbonyl (C=O) groups is 2. The zero-order valence-corrected chi connectivity index (χ0v) is 21.2. The summed E-state index contributed by atoms with van der Waals surface area (Å²) in [5, 5.41) is 2.73. The van der Waals surface area contributed by atoms with Gasteiger partial charge in [-0.3, -0.25) is 9.59 Å². The summed E-state index contributed by atoms with van der Waals surface area (Å²) in [5.41, 5.74) is 1.99. The predicted molar refractivity (Wildman–Crippen MR) is 137 cm³/mol. The summed E-state index contributed by atoms with van der Waals surface area (Å²) >= 11 is 0. The van der Waals surface area contributed by atoms with Gasteiger partial charge in [-0.05, 0) is 61.4 Å². The molecule has 3 rings (SSSR count). The van der Waals surface area contributed by atoms with E-state index >= 15 is 0 Å². The molecule has 0 aliphatic rings. The molecule has 1 N–H and O–H groups in total. The largest absolute Gasteiger partial charge is 0.494 e. The zero-order chi connectivity index (χ0) is 26.0. The van der Waals surface area contributed by atoms with Crippen molar-refractivity contribution in [1.29, 1.82) is 0 Å². The van der Waals surface area contributed by atoms with Gasteiger partial charge in [0.1, 0.15) is 5.75 Å². The highest BCUT2D eigenvalue weighted by Gasteiger charge is 2.27. The first-order valence-corrected chi connectivity index (χ1v) is 13.1. The van der Waals surface area contributed by atoms with Crippen molar-refractivity contribution < 1.29 is 27.5 Å². The molecule has 9 heteroatoms. The quantitative estimate of drug-likeness (QED) is 0.369. The number of esters is 1. The maximum atomic E-state index is 13.5. The molecule has 0 aliphatic carbocycles. The monoisotopic (exact) mass is 510 g/mol. The first kappa shape index (κ1) is 26.9. The van der Waals surface area contributed by atoms with E-state index in [9.17, 15) is 18.0 Å². The van der Waals surface area contributed by atoms with Gasteiger partial charge in [0, 0.05) is 12.2 Å². The molecule has 0 aliphatic heterocycles. The van der Waals surface area contributed by atoms with Crippen LogP contribution in [0.2, 0.25) is 0 Å². The number of nitrogens with one attached hydrogen (secondary N) is 1. The number of sulfonamides is 1. The minimum Gasteiger partial charge on any atom is -0.494 e. The first-order chi connectivity index (χ1) is 17.3.